The number of benzene rings is 4. The van der Waals surface area contributed by atoms with Gasteiger partial charge in [0, 0.05) is 10.4 Å². The van der Waals surface area contributed by atoms with Crippen LogP contribution in [0.25, 0.3) is 0 Å². The van der Waals surface area contributed by atoms with Gasteiger partial charge in [0.1, 0.15) is 0 Å². The highest BCUT2D eigenvalue weighted by molar-refractivity contribution is 6.30. The van der Waals surface area contributed by atoms with Crippen LogP contribution in [0, 0.1) is 0 Å². The Labute approximate surface area is 224 Å². The average molecular weight is 510 g/mol. The molecular weight excluding hydrogens is 478 g/mol. The molecule has 0 aromatic heterocycles. The standard InChI is InChI=1S/C33H32ClNO2/c34-30-18-16-26(17-19-30)32(31(36)37)20-23-35(24-21-32)25-22-33(27-10-4-1-5-11-27,28-12-6-2-7-13-28)29-14-8-3-9-15-29/h1-19H,20-25H2,(H,36,37). The largest absolute Gasteiger partial charge is 0.481 e. The van der Waals surface area contributed by atoms with Gasteiger partial charge in [0.2, 0.25) is 0 Å². The smallest absolute Gasteiger partial charge is 0.314 e. The Kier molecular flexibility index (Phi) is 7.45. The number of piperidine rings is 1. The summed E-state index contributed by atoms with van der Waals surface area (Å²) in [4.78, 5) is 14.9. The molecule has 0 saturated carbocycles. The molecule has 5 rings (SSSR count). The lowest BCUT2D eigenvalue weighted by Gasteiger charge is -2.42. The quantitative estimate of drug-likeness (QED) is 0.256. The summed E-state index contributed by atoms with van der Waals surface area (Å²) in [6.45, 7) is 2.35. The molecule has 4 aromatic rings. The predicted molar refractivity (Wildman–Crippen MR) is 150 cm³/mol. The van der Waals surface area contributed by atoms with Gasteiger partial charge in [0.25, 0.3) is 0 Å². The first-order valence-corrected chi connectivity index (χ1v) is 13.3. The summed E-state index contributed by atoms with van der Waals surface area (Å²) in [6.07, 6.45) is 2.06. The highest BCUT2D eigenvalue weighted by Gasteiger charge is 2.44. The number of hydrogen-bond acceptors (Lipinski definition) is 2. The first-order valence-electron chi connectivity index (χ1n) is 12.9. The summed E-state index contributed by atoms with van der Waals surface area (Å²) >= 11 is 6.08. The third-order valence-corrected chi connectivity index (χ3v) is 8.37. The molecule has 1 N–H and O–H groups in total. The Bertz CT molecular complexity index is 1200. The molecule has 1 aliphatic rings. The van der Waals surface area contributed by atoms with Gasteiger partial charge in [-0.2, -0.15) is 0 Å². The predicted octanol–water partition coefficient (Wildman–Crippen LogP) is 7.18. The summed E-state index contributed by atoms with van der Waals surface area (Å²) in [5.74, 6) is -0.748. The highest BCUT2D eigenvalue weighted by Crippen LogP contribution is 2.43. The van der Waals surface area contributed by atoms with E-state index >= 15 is 0 Å². The molecule has 1 fully saturated rings. The molecule has 4 heteroatoms. The zero-order valence-corrected chi connectivity index (χ0v) is 21.6. The fourth-order valence-electron chi connectivity index (χ4n) is 5.98. The molecule has 0 unspecified atom stereocenters. The minimum atomic E-state index is -0.865. The van der Waals surface area contributed by atoms with E-state index < -0.39 is 11.4 Å². The first-order chi connectivity index (χ1) is 18.0. The van der Waals surface area contributed by atoms with Gasteiger partial charge in [-0.05, 0) is 73.3 Å². The molecule has 3 nitrogen and oxygen atoms in total. The van der Waals surface area contributed by atoms with Gasteiger partial charge in [-0.15, -0.1) is 0 Å². The number of aliphatic carboxylic acids is 1. The maximum atomic E-state index is 12.5. The van der Waals surface area contributed by atoms with Crippen LogP contribution in [0.3, 0.4) is 0 Å². The summed E-state index contributed by atoms with van der Waals surface area (Å²) in [7, 11) is 0. The van der Waals surface area contributed by atoms with Crippen LogP contribution in [0.5, 0.6) is 0 Å². The topological polar surface area (TPSA) is 40.5 Å². The fourth-order valence-corrected chi connectivity index (χ4v) is 6.11. The summed E-state index contributed by atoms with van der Waals surface area (Å²) in [6, 6.07) is 39.6. The maximum Gasteiger partial charge on any atom is 0.314 e. The molecule has 0 bridgehead atoms. The highest BCUT2D eigenvalue weighted by atomic mass is 35.5. The Hall–Kier alpha value is -3.40. The van der Waals surface area contributed by atoms with E-state index in [0.717, 1.165) is 31.6 Å². The molecule has 4 aromatic carbocycles. The van der Waals surface area contributed by atoms with E-state index in [1.807, 2.05) is 12.1 Å². The molecule has 1 heterocycles. The van der Waals surface area contributed by atoms with E-state index in [0.29, 0.717) is 17.9 Å². The van der Waals surface area contributed by atoms with Crippen LogP contribution in [0.2, 0.25) is 5.02 Å². The number of carboxylic acid groups (broad SMARTS) is 1. The summed E-state index contributed by atoms with van der Waals surface area (Å²) in [5, 5.41) is 10.9. The Balaban J connectivity index is 1.44. The van der Waals surface area contributed by atoms with Crippen molar-refractivity contribution in [3.63, 3.8) is 0 Å². The molecule has 0 radical (unpaired) electrons. The molecule has 188 valence electrons. The van der Waals surface area contributed by atoms with Gasteiger partial charge >= 0.3 is 5.97 Å². The van der Waals surface area contributed by atoms with Crippen molar-refractivity contribution < 1.29 is 9.90 Å². The van der Waals surface area contributed by atoms with E-state index in [-0.39, 0.29) is 5.41 Å². The van der Waals surface area contributed by atoms with Crippen LogP contribution in [0.4, 0.5) is 0 Å². The number of nitrogens with zero attached hydrogens (tertiary/aromatic N) is 1. The van der Waals surface area contributed by atoms with Crippen molar-refractivity contribution in [1.82, 2.24) is 4.90 Å². The number of hydrogen-bond donors (Lipinski definition) is 1. The van der Waals surface area contributed by atoms with E-state index in [4.69, 9.17) is 11.6 Å². The van der Waals surface area contributed by atoms with Crippen molar-refractivity contribution in [2.24, 2.45) is 0 Å². The lowest BCUT2D eigenvalue weighted by molar-refractivity contribution is -0.146. The van der Waals surface area contributed by atoms with Gasteiger partial charge in [-0.1, -0.05) is 115 Å². The van der Waals surface area contributed by atoms with Crippen molar-refractivity contribution in [2.45, 2.75) is 30.1 Å². The number of carboxylic acids is 1. The van der Waals surface area contributed by atoms with E-state index in [1.54, 1.807) is 12.1 Å². The summed E-state index contributed by atoms with van der Waals surface area (Å²) < 4.78 is 0. The normalized spacial score (nSPS) is 15.8. The van der Waals surface area contributed by atoms with Crippen LogP contribution in [-0.2, 0) is 15.6 Å². The lowest BCUT2D eigenvalue weighted by Crippen LogP contribution is -2.48. The Morgan fingerprint density at radius 1 is 0.730 bits per heavy atom. The zero-order chi connectivity index (χ0) is 25.7. The first kappa shape index (κ1) is 25.3. The van der Waals surface area contributed by atoms with Crippen LogP contribution >= 0.6 is 11.6 Å². The molecule has 37 heavy (non-hydrogen) atoms. The van der Waals surface area contributed by atoms with Crippen molar-refractivity contribution in [2.75, 3.05) is 19.6 Å². The van der Waals surface area contributed by atoms with Crippen molar-refractivity contribution in [3.05, 3.63) is 143 Å². The number of rotatable bonds is 8. The molecule has 0 spiro atoms. The monoisotopic (exact) mass is 509 g/mol. The van der Waals surface area contributed by atoms with Crippen LogP contribution in [-0.4, -0.2) is 35.6 Å². The Morgan fingerprint density at radius 3 is 1.57 bits per heavy atom. The Morgan fingerprint density at radius 2 is 1.16 bits per heavy atom. The molecule has 1 saturated heterocycles. The second kappa shape index (κ2) is 10.9. The van der Waals surface area contributed by atoms with Gasteiger partial charge in [-0.25, -0.2) is 0 Å². The minimum Gasteiger partial charge on any atom is -0.481 e. The second-order valence-corrected chi connectivity index (χ2v) is 10.4. The van der Waals surface area contributed by atoms with E-state index in [1.165, 1.54) is 16.7 Å². The van der Waals surface area contributed by atoms with Crippen molar-refractivity contribution in [3.8, 4) is 0 Å². The van der Waals surface area contributed by atoms with Crippen LogP contribution in [0.15, 0.2) is 115 Å². The van der Waals surface area contributed by atoms with Gasteiger partial charge in [-0.3, -0.25) is 4.79 Å². The van der Waals surface area contributed by atoms with Gasteiger partial charge in [0.05, 0.1) is 5.41 Å². The third-order valence-electron chi connectivity index (χ3n) is 8.12. The van der Waals surface area contributed by atoms with E-state index in [2.05, 4.69) is 95.9 Å². The molecular formula is C33H32ClNO2. The number of likely N-dealkylation sites (tertiary alicyclic amines) is 1. The van der Waals surface area contributed by atoms with Gasteiger partial charge in [0.15, 0.2) is 0 Å². The SMILES string of the molecule is O=C(O)C1(c2ccc(Cl)cc2)CCN(CCC(c2ccccc2)(c2ccccc2)c2ccccc2)CC1. The number of halogens is 1. The van der Waals surface area contributed by atoms with Crippen molar-refractivity contribution >= 4 is 17.6 Å². The third kappa shape index (κ3) is 4.94. The van der Waals surface area contributed by atoms with E-state index in [9.17, 15) is 9.90 Å². The molecule has 0 amide bonds. The zero-order valence-electron chi connectivity index (χ0n) is 20.9. The average Bonchev–Trinajstić information content (AvgIpc) is 2.96. The fraction of sp³-hybridized carbons (Fsp3) is 0.242. The lowest BCUT2D eigenvalue weighted by atomic mass is 9.67. The molecule has 0 atom stereocenters. The van der Waals surface area contributed by atoms with Crippen LogP contribution < -0.4 is 0 Å². The number of carbonyl (C=O) groups is 1. The van der Waals surface area contributed by atoms with Crippen LogP contribution in [0.1, 0.15) is 41.5 Å². The van der Waals surface area contributed by atoms with Crippen molar-refractivity contribution in [1.29, 1.82) is 0 Å². The second-order valence-electron chi connectivity index (χ2n) is 9.99. The maximum absolute atomic E-state index is 12.5. The molecule has 0 aliphatic carbocycles. The molecule has 1 aliphatic heterocycles. The van der Waals surface area contributed by atoms with Gasteiger partial charge < -0.3 is 10.0 Å². The minimum absolute atomic E-state index is 0.304. The summed E-state index contributed by atoms with van der Waals surface area (Å²) in [5.41, 5.74) is 3.48.